The number of fused-ring (bicyclic) bond motifs is 1. The van der Waals surface area contributed by atoms with Gasteiger partial charge < -0.3 is 4.74 Å². The molecule has 0 fully saturated rings. The van der Waals surface area contributed by atoms with E-state index < -0.39 is 0 Å². The van der Waals surface area contributed by atoms with Gasteiger partial charge in [0.05, 0.1) is 5.52 Å². The van der Waals surface area contributed by atoms with Crippen LogP contribution in [-0.4, -0.2) is 25.2 Å². The first-order valence-corrected chi connectivity index (χ1v) is 7.60. The Kier molecular flexibility index (Phi) is 3.63. The van der Waals surface area contributed by atoms with Crippen LogP contribution in [0.15, 0.2) is 66.9 Å². The Balaban J connectivity index is 1.75. The Labute approximate surface area is 138 Å². The molecule has 1 unspecified atom stereocenters. The average molecular weight is 317 g/mol. The molecule has 4 rings (SSSR count). The summed E-state index contributed by atoms with van der Waals surface area (Å²) in [6, 6.07) is 19.7. The van der Waals surface area contributed by atoms with Crippen molar-refractivity contribution in [1.29, 1.82) is 0 Å². The van der Waals surface area contributed by atoms with E-state index in [1.807, 2.05) is 60.7 Å². The summed E-state index contributed by atoms with van der Waals surface area (Å²) in [5.74, 6) is 1.39. The van der Waals surface area contributed by atoms with Gasteiger partial charge in [-0.25, -0.2) is 4.68 Å². The van der Waals surface area contributed by atoms with E-state index in [1.165, 1.54) is 0 Å². The van der Waals surface area contributed by atoms with Crippen molar-refractivity contribution < 1.29 is 4.74 Å². The monoisotopic (exact) mass is 317 g/mol. The minimum Gasteiger partial charge on any atom is -0.478 e. The third-order valence-corrected chi connectivity index (χ3v) is 3.82. The topological polar surface area (TPSA) is 65.7 Å². The van der Waals surface area contributed by atoms with E-state index in [0.29, 0.717) is 5.82 Å². The zero-order chi connectivity index (χ0) is 16.4. The van der Waals surface area contributed by atoms with Crippen LogP contribution in [0.1, 0.15) is 17.5 Å². The van der Waals surface area contributed by atoms with Crippen molar-refractivity contribution in [1.82, 2.24) is 25.2 Å². The van der Waals surface area contributed by atoms with E-state index in [0.717, 1.165) is 22.2 Å². The number of hydrogen-bond donors (Lipinski definition) is 0. The predicted octanol–water partition coefficient (Wildman–Crippen LogP) is 2.93. The van der Waals surface area contributed by atoms with E-state index in [2.05, 4.69) is 20.5 Å². The van der Waals surface area contributed by atoms with Crippen LogP contribution in [0.5, 0.6) is 5.75 Å². The van der Waals surface area contributed by atoms with Crippen LogP contribution in [0.2, 0.25) is 0 Å². The summed E-state index contributed by atoms with van der Waals surface area (Å²) in [5.41, 5.74) is 1.92. The van der Waals surface area contributed by atoms with E-state index in [4.69, 9.17) is 4.74 Å². The number of hydrogen-bond acceptors (Lipinski definition) is 5. The van der Waals surface area contributed by atoms with Gasteiger partial charge in [-0.05, 0) is 34.7 Å². The highest BCUT2D eigenvalue weighted by atomic mass is 16.5. The van der Waals surface area contributed by atoms with Gasteiger partial charge in [0.2, 0.25) is 0 Å². The van der Waals surface area contributed by atoms with Gasteiger partial charge in [0.1, 0.15) is 5.75 Å². The van der Waals surface area contributed by atoms with Gasteiger partial charge >= 0.3 is 0 Å². The zero-order valence-electron chi connectivity index (χ0n) is 13.1. The molecule has 2 heterocycles. The predicted molar refractivity (Wildman–Crippen MR) is 89.5 cm³/mol. The van der Waals surface area contributed by atoms with E-state index in [9.17, 15) is 0 Å². The maximum absolute atomic E-state index is 6.24. The summed E-state index contributed by atoms with van der Waals surface area (Å²) in [5, 5.41) is 12.8. The Morgan fingerprint density at radius 3 is 2.67 bits per heavy atom. The second-order valence-electron chi connectivity index (χ2n) is 5.43. The van der Waals surface area contributed by atoms with Crippen molar-refractivity contribution in [3.63, 3.8) is 0 Å². The van der Waals surface area contributed by atoms with Crippen LogP contribution in [0, 0.1) is 0 Å². The fourth-order valence-corrected chi connectivity index (χ4v) is 2.62. The Morgan fingerprint density at radius 2 is 1.88 bits per heavy atom. The van der Waals surface area contributed by atoms with E-state index in [-0.39, 0.29) is 6.10 Å². The minimum atomic E-state index is -0.389. The summed E-state index contributed by atoms with van der Waals surface area (Å²) in [7, 11) is 1.80. The molecule has 4 aromatic rings. The molecule has 0 bridgehead atoms. The van der Waals surface area contributed by atoms with Gasteiger partial charge in [-0.3, -0.25) is 4.98 Å². The highest BCUT2D eigenvalue weighted by molar-refractivity contribution is 5.79. The van der Waals surface area contributed by atoms with Crippen molar-refractivity contribution >= 4 is 10.9 Å². The number of nitrogens with zero attached hydrogens (tertiary/aromatic N) is 5. The molecule has 0 N–H and O–H groups in total. The summed E-state index contributed by atoms with van der Waals surface area (Å²) in [4.78, 5) is 4.33. The first-order valence-electron chi connectivity index (χ1n) is 7.60. The van der Waals surface area contributed by atoms with Crippen LogP contribution < -0.4 is 4.74 Å². The van der Waals surface area contributed by atoms with Crippen LogP contribution in [-0.2, 0) is 7.05 Å². The lowest BCUT2D eigenvalue weighted by Gasteiger charge is -2.18. The average Bonchev–Trinajstić information content (AvgIpc) is 3.06. The summed E-state index contributed by atoms with van der Waals surface area (Å²) in [6.07, 6.45) is 1.39. The summed E-state index contributed by atoms with van der Waals surface area (Å²) >= 11 is 0. The number of pyridine rings is 1. The molecule has 2 aromatic heterocycles. The molecule has 24 heavy (non-hydrogen) atoms. The van der Waals surface area contributed by atoms with Crippen LogP contribution in [0.25, 0.3) is 10.9 Å². The van der Waals surface area contributed by atoms with Crippen molar-refractivity contribution in [2.75, 3.05) is 0 Å². The van der Waals surface area contributed by atoms with Crippen molar-refractivity contribution in [2.45, 2.75) is 6.10 Å². The smallest absolute Gasteiger partial charge is 0.196 e. The van der Waals surface area contributed by atoms with Crippen molar-refractivity contribution in [2.24, 2.45) is 7.05 Å². The van der Waals surface area contributed by atoms with Gasteiger partial charge in [0, 0.05) is 24.2 Å². The van der Waals surface area contributed by atoms with E-state index in [1.54, 1.807) is 17.9 Å². The van der Waals surface area contributed by atoms with Gasteiger partial charge in [0.25, 0.3) is 0 Å². The molecule has 0 amide bonds. The number of aryl methyl sites for hydroxylation is 1. The van der Waals surface area contributed by atoms with Gasteiger partial charge in [-0.15, -0.1) is 5.10 Å². The highest BCUT2D eigenvalue weighted by Crippen LogP contribution is 2.28. The molecule has 0 saturated heterocycles. The molecule has 0 aliphatic rings. The molecule has 6 nitrogen and oxygen atoms in total. The maximum atomic E-state index is 6.24. The molecular weight excluding hydrogens is 302 g/mol. The molecule has 0 saturated carbocycles. The van der Waals surface area contributed by atoms with Gasteiger partial charge in [-0.1, -0.05) is 36.4 Å². The second-order valence-corrected chi connectivity index (χ2v) is 5.43. The lowest BCUT2D eigenvalue weighted by molar-refractivity contribution is 0.231. The standard InChI is InChI=1S/C18H15N5O/c1-23-18(20-21-22-23)17(13-6-3-2-4-7-13)24-15-9-10-16-14(12-15)8-5-11-19-16/h2-12,17H,1H3. The third-order valence-electron chi connectivity index (χ3n) is 3.82. The zero-order valence-corrected chi connectivity index (χ0v) is 13.1. The molecule has 0 aliphatic carbocycles. The molecule has 6 heteroatoms. The quantitative estimate of drug-likeness (QED) is 0.579. The SMILES string of the molecule is Cn1nnnc1C(Oc1ccc2ncccc2c1)c1ccccc1. The van der Waals surface area contributed by atoms with Crippen LogP contribution in [0.4, 0.5) is 0 Å². The first-order chi connectivity index (χ1) is 11.8. The number of aromatic nitrogens is 5. The van der Waals surface area contributed by atoms with Gasteiger partial charge in [-0.2, -0.15) is 0 Å². The lowest BCUT2D eigenvalue weighted by Crippen LogP contribution is -2.15. The third kappa shape index (κ3) is 2.69. The molecule has 0 spiro atoms. The Morgan fingerprint density at radius 1 is 1.00 bits per heavy atom. The van der Waals surface area contributed by atoms with Crippen molar-refractivity contribution in [3.05, 3.63) is 78.2 Å². The molecule has 118 valence electrons. The van der Waals surface area contributed by atoms with E-state index >= 15 is 0 Å². The summed E-state index contributed by atoms with van der Waals surface area (Å²) in [6.45, 7) is 0. The highest BCUT2D eigenvalue weighted by Gasteiger charge is 2.22. The molecule has 0 aliphatic heterocycles. The summed E-state index contributed by atoms with van der Waals surface area (Å²) < 4.78 is 7.87. The molecule has 0 radical (unpaired) electrons. The van der Waals surface area contributed by atoms with Crippen LogP contribution in [0.3, 0.4) is 0 Å². The minimum absolute atomic E-state index is 0.389. The number of rotatable bonds is 4. The number of benzene rings is 2. The Hall–Kier alpha value is -3.28. The lowest BCUT2D eigenvalue weighted by atomic mass is 10.1. The van der Waals surface area contributed by atoms with Gasteiger partial charge in [0.15, 0.2) is 11.9 Å². The largest absolute Gasteiger partial charge is 0.478 e. The maximum Gasteiger partial charge on any atom is 0.196 e. The second kappa shape index (κ2) is 6.08. The normalized spacial score (nSPS) is 12.2. The molecular formula is C18H15N5O. The number of ether oxygens (including phenoxy) is 1. The fraction of sp³-hybridized carbons (Fsp3) is 0.111. The van der Waals surface area contributed by atoms with Crippen molar-refractivity contribution in [3.8, 4) is 5.75 Å². The fourth-order valence-electron chi connectivity index (χ4n) is 2.62. The molecule has 1 atom stereocenters. The number of tetrazole rings is 1. The van der Waals surface area contributed by atoms with Crippen LogP contribution >= 0.6 is 0 Å². The molecule has 2 aromatic carbocycles. The first kappa shape index (κ1) is 14.3. The Bertz CT molecular complexity index is 967.